The molecule has 6 nitrogen and oxygen atoms in total. The zero-order chi connectivity index (χ0) is 24.2. The van der Waals surface area contributed by atoms with Gasteiger partial charge in [0.25, 0.3) is 0 Å². The summed E-state index contributed by atoms with van der Waals surface area (Å²) in [5.41, 5.74) is 5.74. The minimum absolute atomic E-state index is 0.0984. The summed E-state index contributed by atoms with van der Waals surface area (Å²) in [6.07, 6.45) is 9.03. The van der Waals surface area contributed by atoms with E-state index in [4.69, 9.17) is 9.84 Å². The number of ether oxygens (including phenoxy) is 1. The number of carboxylic acids is 1. The predicted molar refractivity (Wildman–Crippen MR) is 131 cm³/mol. The van der Waals surface area contributed by atoms with Gasteiger partial charge in [0.2, 0.25) is 0 Å². The highest BCUT2D eigenvalue weighted by Gasteiger charge is 2.38. The van der Waals surface area contributed by atoms with Gasteiger partial charge >= 0.3 is 12.0 Å². The smallest absolute Gasteiger partial charge is 0.322 e. The third-order valence-electron chi connectivity index (χ3n) is 7.10. The van der Waals surface area contributed by atoms with Gasteiger partial charge in [0.1, 0.15) is 0 Å². The number of hydrogen-bond donors (Lipinski definition) is 2. The van der Waals surface area contributed by atoms with Crippen molar-refractivity contribution in [3.05, 3.63) is 52.7 Å². The third-order valence-corrected chi connectivity index (χ3v) is 7.10. The van der Waals surface area contributed by atoms with E-state index in [-0.39, 0.29) is 19.0 Å². The summed E-state index contributed by atoms with van der Waals surface area (Å²) in [5, 5.41) is 12.2. The van der Waals surface area contributed by atoms with Crippen LogP contribution in [0.1, 0.15) is 76.5 Å². The summed E-state index contributed by atoms with van der Waals surface area (Å²) in [6, 6.07) is 6.28. The number of nitrogens with one attached hydrogen (secondary N) is 1. The summed E-state index contributed by atoms with van der Waals surface area (Å²) in [4.78, 5) is 25.4. The van der Waals surface area contributed by atoms with E-state index in [9.17, 15) is 9.59 Å². The Bertz CT molecular complexity index is 963. The van der Waals surface area contributed by atoms with Crippen molar-refractivity contribution in [1.82, 2.24) is 10.2 Å². The Kier molecular flexibility index (Phi) is 7.68. The molecule has 0 saturated heterocycles. The SMILES string of the molecule is CCc1cc([C@]2(C)NC(=O)N(CCC(=O)O)C=C2CCOC)ccc1C1=CCC(C)(C)CC1. The van der Waals surface area contributed by atoms with Crippen molar-refractivity contribution in [3.8, 4) is 0 Å². The Morgan fingerprint density at radius 1 is 1.27 bits per heavy atom. The lowest BCUT2D eigenvalue weighted by atomic mass is 9.75. The second-order valence-electron chi connectivity index (χ2n) is 10.1. The molecule has 2 N–H and O–H groups in total. The lowest BCUT2D eigenvalue weighted by molar-refractivity contribution is -0.137. The minimum atomic E-state index is -0.924. The van der Waals surface area contributed by atoms with E-state index in [1.165, 1.54) is 28.0 Å². The van der Waals surface area contributed by atoms with E-state index in [1.807, 2.05) is 13.1 Å². The average molecular weight is 455 g/mol. The molecule has 0 aromatic heterocycles. The summed E-state index contributed by atoms with van der Waals surface area (Å²) in [7, 11) is 1.66. The van der Waals surface area contributed by atoms with E-state index in [1.54, 1.807) is 7.11 Å². The van der Waals surface area contributed by atoms with Crippen molar-refractivity contribution in [2.45, 2.75) is 71.8 Å². The number of carbonyl (C=O) groups excluding carboxylic acids is 1. The molecular weight excluding hydrogens is 416 g/mol. The molecule has 0 spiro atoms. The molecule has 6 heteroatoms. The van der Waals surface area contributed by atoms with Crippen LogP contribution in [0.5, 0.6) is 0 Å². The van der Waals surface area contributed by atoms with Crippen LogP contribution in [0, 0.1) is 5.41 Å². The predicted octanol–water partition coefficient (Wildman–Crippen LogP) is 5.48. The second-order valence-corrected chi connectivity index (χ2v) is 10.1. The molecule has 0 fully saturated rings. The molecule has 0 bridgehead atoms. The van der Waals surface area contributed by atoms with Crippen molar-refractivity contribution in [1.29, 1.82) is 0 Å². The van der Waals surface area contributed by atoms with E-state index in [0.29, 0.717) is 18.4 Å². The third kappa shape index (κ3) is 5.67. The van der Waals surface area contributed by atoms with Crippen LogP contribution in [0.3, 0.4) is 0 Å². The minimum Gasteiger partial charge on any atom is -0.481 e. The fourth-order valence-corrected chi connectivity index (χ4v) is 4.74. The first kappa shape index (κ1) is 25.0. The largest absolute Gasteiger partial charge is 0.481 e. The summed E-state index contributed by atoms with van der Waals surface area (Å²) in [5.74, 6) is -0.924. The maximum absolute atomic E-state index is 12.9. The molecule has 3 rings (SSSR count). The Morgan fingerprint density at radius 3 is 2.64 bits per heavy atom. The van der Waals surface area contributed by atoms with E-state index < -0.39 is 11.5 Å². The van der Waals surface area contributed by atoms with Crippen molar-refractivity contribution in [2.24, 2.45) is 5.41 Å². The number of hydrogen-bond acceptors (Lipinski definition) is 3. The molecule has 1 aliphatic carbocycles. The van der Waals surface area contributed by atoms with E-state index in [0.717, 1.165) is 30.4 Å². The zero-order valence-electron chi connectivity index (χ0n) is 20.7. The Hall–Kier alpha value is -2.60. The van der Waals surface area contributed by atoms with Gasteiger partial charge in [0, 0.05) is 19.9 Å². The maximum atomic E-state index is 12.9. The average Bonchev–Trinajstić information content (AvgIpc) is 2.77. The number of urea groups is 1. The van der Waals surface area contributed by atoms with Gasteiger partial charge in [-0.2, -0.15) is 0 Å². The number of amides is 2. The van der Waals surface area contributed by atoms with Crippen LogP contribution in [-0.4, -0.2) is 42.3 Å². The zero-order valence-corrected chi connectivity index (χ0v) is 20.7. The molecule has 2 aliphatic rings. The van der Waals surface area contributed by atoms with Gasteiger partial charge in [0.05, 0.1) is 18.6 Å². The first-order chi connectivity index (χ1) is 15.6. The van der Waals surface area contributed by atoms with Crippen LogP contribution >= 0.6 is 0 Å². The standard InChI is InChI=1S/C27H38N2O4/c1-6-19-17-21(7-8-23(19)20-9-13-26(2,3)14-10-20)27(4)22(12-16-33-5)18-29(25(32)28-27)15-11-24(30)31/h7-9,17-18H,6,10-16H2,1-5H3,(H,28,32)(H,30,31)/t27-/m0/s1. The van der Waals surface area contributed by atoms with Crippen LogP contribution in [-0.2, 0) is 21.5 Å². The van der Waals surface area contributed by atoms with E-state index in [2.05, 4.69) is 50.4 Å². The second kappa shape index (κ2) is 10.1. The van der Waals surface area contributed by atoms with Gasteiger partial charge < -0.3 is 20.1 Å². The van der Waals surface area contributed by atoms with Crippen LogP contribution in [0.4, 0.5) is 4.79 Å². The van der Waals surface area contributed by atoms with Crippen molar-refractivity contribution in [2.75, 3.05) is 20.3 Å². The number of aryl methyl sites for hydroxylation is 1. The van der Waals surface area contributed by atoms with Gasteiger partial charge in [-0.15, -0.1) is 0 Å². The van der Waals surface area contributed by atoms with Crippen molar-refractivity contribution < 1.29 is 19.4 Å². The fraction of sp³-hybridized carbons (Fsp3) is 0.556. The lowest BCUT2D eigenvalue weighted by Crippen LogP contribution is -2.54. The van der Waals surface area contributed by atoms with Gasteiger partial charge in [0.15, 0.2) is 0 Å². The first-order valence-electron chi connectivity index (χ1n) is 11.9. The molecule has 180 valence electrons. The number of nitrogens with zero attached hydrogens (tertiary/aromatic N) is 1. The van der Waals surface area contributed by atoms with Crippen molar-refractivity contribution >= 4 is 17.6 Å². The number of methoxy groups -OCH3 is 1. The topological polar surface area (TPSA) is 78.9 Å². The number of carbonyl (C=O) groups is 2. The number of carboxylic acid groups (broad SMARTS) is 1. The fourth-order valence-electron chi connectivity index (χ4n) is 4.74. The van der Waals surface area contributed by atoms with Crippen LogP contribution < -0.4 is 5.32 Å². The van der Waals surface area contributed by atoms with Gasteiger partial charge in [-0.3, -0.25) is 4.79 Å². The highest BCUT2D eigenvalue weighted by Crippen LogP contribution is 2.41. The lowest BCUT2D eigenvalue weighted by Gasteiger charge is -2.41. The summed E-state index contributed by atoms with van der Waals surface area (Å²) < 4.78 is 5.32. The van der Waals surface area contributed by atoms with Crippen LogP contribution in [0.2, 0.25) is 0 Å². The Balaban J connectivity index is 1.97. The molecule has 2 amide bonds. The molecule has 1 aromatic carbocycles. The molecule has 1 aliphatic heterocycles. The molecule has 33 heavy (non-hydrogen) atoms. The van der Waals surface area contributed by atoms with Crippen LogP contribution in [0.25, 0.3) is 5.57 Å². The molecule has 1 heterocycles. The van der Waals surface area contributed by atoms with E-state index >= 15 is 0 Å². The number of rotatable bonds is 9. The molecule has 1 atom stereocenters. The molecule has 0 saturated carbocycles. The Morgan fingerprint density at radius 2 is 2.03 bits per heavy atom. The Labute approximate surface area is 197 Å². The van der Waals surface area contributed by atoms with Gasteiger partial charge in [-0.1, -0.05) is 45.0 Å². The normalized spacial score (nSPS) is 22.5. The monoisotopic (exact) mass is 454 g/mol. The summed E-state index contributed by atoms with van der Waals surface area (Å²) >= 11 is 0. The number of benzene rings is 1. The molecule has 0 unspecified atom stereocenters. The van der Waals surface area contributed by atoms with Gasteiger partial charge in [-0.25, -0.2) is 4.79 Å². The molecule has 0 radical (unpaired) electrons. The van der Waals surface area contributed by atoms with Crippen molar-refractivity contribution in [3.63, 3.8) is 0 Å². The van der Waals surface area contributed by atoms with Crippen LogP contribution in [0.15, 0.2) is 36.0 Å². The highest BCUT2D eigenvalue weighted by atomic mass is 16.5. The molecule has 1 aromatic rings. The molecular formula is C27H38N2O4. The van der Waals surface area contributed by atoms with Gasteiger partial charge in [-0.05, 0) is 72.3 Å². The number of allylic oxidation sites excluding steroid dienone is 2. The number of aliphatic carboxylic acids is 1. The highest BCUT2D eigenvalue weighted by molar-refractivity contribution is 5.80. The first-order valence-corrected chi connectivity index (χ1v) is 11.9. The quantitative estimate of drug-likeness (QED) is 0.518. The maximum Gasteiger partial charge on any atom is 0.322 e. The summed E-state index contributed by atoms with van der Waals surface area (Å²) in [6.45, 7) is 9.50.